The van der Waals surface area contributed by atoms with E-state index in [0.717, 1.165) is 35.6 Å². The molecule has 0 amide bonds. The van der Waals surface area contributed by atoms with Crippen molar-refractivity contribution in [3.63, 3.8) is 0 Å². The zero-order chi connectivity index (χ0) is 20.3. The van der Waals surface area contributed by atoms with Crippen LogP contribution in [-0.4, -0.2) is 36.1 Å². The molecule has 0 atom stereocenters. The predicted octanol–water partition coefficient (Wildman–Crippen LogP) is 4.30. The highest BCUT2D eigenvalue weighted by atomic mass is 19.1. The maximum absolute atomic E-state index is 14.1. The van der Waals surface area contributed by atoms with E-state index < -0.39 is 0 Å². The van der Waals surface area contributed by atoms with E-state index in [-0.39, 0.29) is 5.82 Å². The number of anilines is 3. The fourth-order valence-corrected chi connectivity index (χ4v) is 3.78. The van der Waals surface area contributed by atoms with Gasteiger partial charge in [-0.3, -0.25) is 0 Å². The van der Waals surface area contributed by atoms with E-state index in [1.54, 1.807) is 12.3 Å². The number of para-hydroxylation sites is 2. The number of benzene rings is 2. The van der Waals surface area contributed by atoms with E-state index in [1.165, 1.54) is 6.07 Å². The van der Waals surface area contributed by atoms with Crippen LogP contribution >= 0.6 is 0 Å². The van der Waals surface area contributed by atoms with Gasteiger partial charge in [0, 0.05) is 31.6 Å². The first-order valence-electron chi connectivity index (χ1n) is 10.1. The van der Waals surface area contributed by atoms with E-state index in [0.29, 0.717) is 31.3 Å². The molecule has 4 aromatic rings. The number of nitrogens with one attached hydrogen (secondary N) is 1. The summed E-state index contributed by atoms with van der Waals surface area (Å²) in [6.07, 6.45) is 1.66. The van der Waals surface area contributed by atoms with Gasteiger partial charge in [-0.1, -0.05) is 24.3 Å². The summed E-state index contributed by atoms with van der Waals surface area (Å²) >= 11 is 0. The molecule has 1 saturated heterocycles. The van der Waals surface area contributed by atoms with Crippen LogP contribution in [0, 0.1) is 5.82 Å². The van der Waals surface area contributed by atoms with Gasteiger partial charge in [0.1, 0.15) is 17.4 Å². The lowest BCUT2D eigenvalue weighted by atomic mass is 10.2. The first-order valence-corrected chi connectivity index (χ1v) is 10.1. The van der Waals surface area contributed by atoms with Crippen molar-refractivity contribution in [1.82, 2.24) is 9.97 Å². The van der Waals surface area contributed by atoms with Gasteiger partial charge >= 0.3 is 0 Å². The molecule has 7 heteroatoms. The minimum Gasteiger partial charge on any atom is -0.467 e. The van der Waals surface area contributed by atoms with Crippen molar-refractivity contribution in [3.8, 4) is 0 Å². The third-order valence-corrected chi connectivity index (χ3v) is 5.36. The molecule has 0 unspecified atom stereocenters. The van der Waals surface area contributed by atoms with Gasteiger partial charge in [-0.15, -0.1) is 0 Å². The molecule has 152 valence electrons. The third-order valence-electron chi connectivity index (χ3n) is 5.36. The van der Waals surface area contributed by atoms with Gasteiger partial charge in [-0.2, -0.15) is 4.98 Å². The number of rotatable bonds is 5. The van der Waals surface area contributed by atoms with Gasteiger partial charge in [0.25, 0.3) is 0 Å². The van der Waals surface area contributed by atoms with E-state index in [2.05, 4.69) is 15.1 Å². The smallest absolute Gasteiger partial charge is 0.228 e. The molecular weight excluding hydrogens is 381 g/mol. The Bertz CT molecular complexity index is 1140. The van der Waals surface area contributed by atoms with Crippen molar-refractivity contribution >= 4 is 28.4 Å². The summed E-state index contributed by atoms with van der Waals surface area (Å²) in [6.45, 7) is 3.43. The molecule has 0 bridgehead atoms. The summed E-state index contributed by atoms with van der Waals surface area (Å²) in [6, 6.07) is 18.7. The molecule has 0 spiro atoms. The Morgan fingerprint density at radius 3 is 2.43 bits per heavy atom. The Kier molecular flexibility index (Phi) is 4.93. The minimum absolute atomic E-state index is 0.183. The summed E-state index contributed by atoms with van der Waals surface area (Å²) in [5.74, 6) is 2.13. The van der Waals surface area contributed by atoms with Crippen LogP contribution in [0.1, 0.15) is 5.76 Å². The van der Waals surface area contributed by atoms with Crippen LogP contribution < -0.4 is 15.1 Å². The molecule has 0 radical (unpaired) electrons. The number of aromatic nitrogens is 2. The number of hydrogen-bond donors (Lipinski definition) is 1. The molecule has 2 aromatic heterocycles. The average molecular weight is 403 g/mol. The molecule has 1 N–H and O–H groups in total. The maximum atomic E-state index is 14.1. The molecule has 0 saturated carbocycles. The van der Waals surface area contributed by atoms with E-state index in [4.69, 9.17) is 14.4 Å². The number of furan rings is 1. The van der Waals surface area contributed by atoms with Crippen LogP contribution in [-0.2, 0) is 6.54 Å². The van der Waals surface area contributed by atoms with Crippen molar-refractivity contribution in [2.45, 2.75) is 6.54 Å². The Balaban J connectivity index is 1.37. The zero-order valence-electron chi connectivity index (χ0n) is 16.5. The summed E-state index contributed by atoms with van der Waals surface area (Å²) in [5, 5.41) is 4.35. The standard InChI is InChI=1S/C23H22FN5O/c24-19-8-2-4-10-21(19)28-11-13-29(14-12-28)23-26-20-9-3-1-7-18(20)22(27-23)25-16-17-6-5-15-30-17/h1-10,15H,11-14,16H2,(H,25,26,27). The minimum atomic E-state index is -0.183. The fraction of sp³-hybridized carbons (Fsp3) is 0.217. The van der Waals surface area contributed by atoms with Crippen molar-refractivity contribution < 1.29 is 8.81 Å². The van der Waals surface area contributed by atoms with Gasteiger partial charge in [-0.05, 0) is 36.4 Å². The Morgan fingerprint density at radius 2 is 1.63 bits per heavy atom. The van der Waals surface area contributed by atoms with Gasteiger partial charge in [-0.25, -0.2) is 9.37 Å². The van der Waals surface area contributed by atoms with Crippen molar-refractivity contribution in [2.24, 2.45) is 0 Å². The monoisotopic (exact) mass is 403 g/mol. The van der Waals surface area contributed by atoms with Crippen molar-refractivity contribution in [3.05, 3.63) is 78.5 Å². The lowest BCUT2D eigenvalue weighted by Gasteiger charge is -2.36. The summed E-state index contributed by atoms with van der Waals surface area (Å²) in [7, 11) is 0. The van der Waals surface area contributed by atoms with Crippen LogP contribution in [0.5, 0.6) is 0 Å². The molecule has 1 aliphatic rings. The highest BCUT2D eigenvalue weighted by Gasteiger charge is 2.22. The summed E-state index contributed by atoms with van der Waals surface area (Å²) in [5.41, 5.74) is 1.54. The lowest BCUT2D eigenvalue weighted by molar-refractivity contribution is 0.518. The van der Waals surface area contributed by atoms with Crippen LogP contribution in [0.25, 0.3) is 10.9 Å². The SMILES string of the molecule is Fc1ccccc1N1CCN(c2nc(NCc3ccco3)c3ccccc3n2)CC1. The van der Waals surface area contributed by atoms with Gasteiger partial charge in [0.15, 0.2) is 0 Å². The molecule has 6 nitrogen and oxygen atoms in total. The molecule has 0 aliphatic carbocycles. The molecular formula is C23H22FN5O. The molecule has 5 rings (SSSR count). The topological polar surface area (TPSA) is 57.4 Å². The van der Waals surface area contributed by atoms with Crippen LogP contribution in [0.3, 0.4) is 0 Å². The van der Waals surface area contributed by atoms with Crippen molar-refractivity contribution in [1.29, 1.82) is 0 Å². The second-order valence-electron chi connectivity index (χ2n) is 7.25. The van der Waals surface area contributed by atoms with Crippen LogP contribution in [0.15, 0.2) is 71.3 Å². The molecule has 1 aliphatic heterocycles. The average Bonchev–Trinajstić information content (AvgIpc) is 3.31. The highest BCUT2D eigenvalue weighted by Crippen LogP contribution is 2.26. The van der Waals surface area contributed by atoms with E-state index in [1.807, 2.05) is 48.5 Å². The number of piperazine rings is 1. The predicted molar refractivity (Wildman–Crippen MR) is 116 cm³/mol. The van der Waals surface area contributed by atoms with Gasteiger partial charge in [0.2, 0.25) is 5.95 Å². The largest absolute Gasteiger partial charge is 0.467 e. The van der Waals surface area contributed by atoms with Crippen LogP contribution in [0.4, 0.5) is 21.8 Å². The first-order chi connectivity index (χ1) is 14.8. The van der Waals surface area contributed by atoms with Crippen molar-refractivity contribution in [2.75, 3.05) is 41.3 Å². The lowest BCUT2D eigenvalue weighted by Crippen LogP contribution is -2.47. The molecule has 2 aromatic carbocycles. The van der Waals surface area contributed by atoms with E-state index >= 15 is 0 Å². The summed E-state index contributed by atoms with van der Waals surface area (Å²) in [4.78, 5) is 13.8. The first kappa shape index (κ1) is 18.4. The van der Waals surface area contributed by atoms with Gasteiger partial charge in [0.05, 0.1) is 24.0 Å². The zero-order valence-corrected chi connectivity index (χ0v) is 16.5. The number of halogens is 1. The van der Waals surface area contributed by atoms with Crippen LogP contribution in [0.2, 0.25) is 0 Å². The fourth-order valence-electron chi connectivity index (χ4n) is 3.78. The normalized spacial score (nSPS) is 14.3. The second-order valence-corrected chi connectivity index (χ2v) is 7.25. The van der Waals surface area contributed by atoms with E-state index in [9.17, 15) is 4.39 Å². The number of hydrogen-bond acceptors (Lipinski definition) is 6. The Labute approximate surface area is 174 Å². The quantitative estimate of drug-likeness (QED) is 0.536. The summed E-state index contributed by atoms with van der Waals surface area (Å²) < 4.78 is 19.6. The molecule has 30 heavy (non-hydrogen) atoms. The molecule has 1 fully saturated rings. The number of fused-ring (bicyclic) bond motifs is 1. The third kappa shape index (κ3) is 3.66. The highest BCUT2D eigenvalue weighted by molar-refractivity contribution is 5.90. The molecule has 3 heterocycles. The second kappa shape index (κ2) is 8.02. The van der Waals surface area contributed by atoms with Gasteiger partial charge < -0.3 is 19.5 Å². The Hall–Kier alpha value is -3.61. The Morgan fingerprint density at radius 1 is 0.867 bits per heavy atom. The maximum Gasteiger partial charge on any atom is 0.228 e. The number of nitrogens with zero attached hydrogens (tertiary/aromatic N) is 4.